The number of alkyl halides is 3. The minimum absolute atomic E-state index is 0.248. The molecule has 9 heteroatoms. The number of hydrogen-bond acceptors (Lipinski definition) is 6. The Balaban J connectivity index is 1.18. The summed E-state index contributed by atoms with van der Waals surface area (Å²) < 4.78 is 44.6. The lowest BCUT2D eigenvalue weighted by atomic mass is 9.84. The maximum Gasteiger partial charge on any atom is 0.417 e. The Morgan fingerprint density at radius 1 is 1.05 bits per heavy atom. The molecule has 1 fully saturated rings. The van der Waals surface area contributed by atoms with Crippen LogP contribution in [0.4, 0.5) is 24.7 Å². The molecule has 0 saturated carbocycles. The number of hydrogen-bond donors (Lipinski definition) is 2. The van der Waals surface area contributed by atoms with Crippen LogP contribution in [0.5, 0.6) is 0 Å². The smallest absolute Gasteiger partial charge is 0.417 e. The van der Waals surface area contributed by atoms with E-state index in [2.05, 4.69) is 23.8 Å². The SMILES string of the molecule is CC(C)c1cc(N)cc2nc(-c3ccc(C(C)(O)CCC4CCN(c5ccc(C(F)(F)F)cn5)CC4)cc3)oc12. The number of nitrogens with two attached hydrogens (primary N) is 1. The van der Waals surface area contributed by atoms with Crippen molar-refractivity contribution in [1.29, 1.82) is 0 Å². The van der Waals surface area contributed by atoms with E-state index in [0.717, 1.165) is 72.4 Å². The second kappa shape index (κ2) is 10.8. The van der Waals surface area contributed by atoms with Crippen molar-refractivity contribution in [1.82, 2.24) is 9.97 Å². The van der Waals surface area contributed by atoms with Gasteiger partial charge in [0.15, 0.2) is 5.58 Å². The molecular weight excluding hydrogens is 517 g/mol. The number of aromatic nitrogens is 2. The van der Waals surface area contributed by atoms with E-state index in [1.54, 1.807) is 0 Å². The maximum atomic E-state index is 12.8. The first-order chi connectivity index (χ1) is 18.9. The third kappa shape index (κ3) is 5.94. The van der Waals surface area contributed by atoms with Crippen molar-refractivity contribution in [3.63, 3.8) is 0 Å². The molecule has 1 aliphatic heterocycles. The van der Waals surface area contributed by atoms with E-state index in [1.807, 2.05) is 48.2 Å². The van der Waals surface area contributed by atoms with Crippen molar-refractivity contribution < 1.29 is 22.7 Å². The van der Waals surface area contributed by atoms with Crippen LogP contribution >= 0.6 is 0 Å². The fraction of sp³-hybridized carbons (Fsp3) is 0.419. The molecule has 1 unspecified atom stereocenters. The third-order valence-electron chi connectivity index (χ3n) is 7.97. The van der Waals surface area contributed by atoms with Crippen LogP contribution in [-0.4, -0.2) is 28.2 Å². The van der Waals surface area contributed by atoms with Gasteiger partial charge in [0.05, 0.1) is 11.2 Å². The average molecular weight is 553 g/mol. The molecule has 0 amide bonds. The quantitative estimate of drug-likeness (QED) is 0.231. The van der Waals surface area contributed by atoms with Crippen molar-refractivity contribution in [3.8, 4) is 11.5 Å². The molecule has 2 aromatic carbocycles. The van der Waals surface area contributed by atoms with Crippen molar-refractivity contribution >= 4 is 22.6 Å². The largest absolute Gasteiger partial charge is 0.436 e. The number of oxazole rings is 1. The summed E-state index contributed by atoms with van der Waals surface area (Å²) in [6.07, 6.45) is -0.223. The first kappa shape index (κ1) is 28.0. The van der Waals surface area contributed by atoms with E-state index < -0.39 is 17.3 Å². The van der Waals surface area contributed by atoms with Crippen LogP contribution in [-0.2, 0) is 11.8 Å². The molecule has 0 aliphatic carbocycles. The summed E-state index contributed by atoms with van der Waals surface area (Å²) in [5.41, 5.74) is 9.14. The number of pyridine rings is 1. The number of aliphatic hydroxyl groups is 1. The van der Waals surface area contributed by atoms with Crippen LogP contribution in [0, 0.1) is 5.92 Å². The minimum Gasteiger partial charge on any atom is -0.436 e. The molecule has 0 bridgehead atoms. The first-order valence-corrected chi connectivity index (χ1v) is 13.7. The molecular formula is C31H35F3N4O2. The van der Waals surface area contributed by atoms with Gasteiger partial charge >= 0.3 is 6.18 Å². The Labute approximate surface area is 232 Å². The fourth-order valence-electron chi connectivity index (χ4n) is 5.43. The van der Waals surface area contributed by atoms with E-state index >= 15 is 0 Å². The number of nitrogen functional groups attached to an aromatic ring is 1. The Morgan fingerprint density at radius 3 is 2.33 bits per heavy atom. The monoisotopic (exact) mass is 552 g/mol. The molecule has 3 N–H and O–H groups in total. The van der Waals surface area contributed by atoms with Gasteiger partial charge in [0.1, 0.15) is 11.3 Å². The predicted octanol–water partition coefficient (Wildman–Crippen LogP) is 7.52. The number of anilines is 2. The van der Waals surface area contributed by atoms with E-state index in [-0.39, 0.29) is 5.92 Å². The van der Waals surface area contributed by atoms with Gasteiger partial charge in [-0.3, -0.25) is 0 Å². The predicted molar refractivity (Wildman–Crippen MR) is 151 cm³/mol. The molecule has 3 heterocycles. The van der Waals surface area contributed by atoms with Gasteiger partial charge in [0.25, 0.3) is 0 Å². The van der Waals surface area contributed by atoms with Gasteiger partial charge in [0, 0.05) is 36.1 Å². The van der Waals surface area contributed by atoms with E-state index in [4.69, 9.17) is 10.2 Å². The minimum atomic E-state index is -4.38. The number of fused-ring (bicyclic) bond motifs is 1. The van der Waals surface area contributed by atoms with E-state index in [9.17, 15) is 18.3 Å². The summed E-state index contributed by atoms with van der Waals surface area (Å²) in [6.45, 7) is 7.48. The molecule has 40 heavy (non-hydrogen) atoms. The topological polar surface area (TPSA) is 88.4 Å². The number of piperidine rings is 1. The number of benzene rings is 2. The zero-order valence-electron chi connectivity index (χ0n) is 23.0. The highest BCUT2D eigenvalue weighted by molar-refractivity contribution is 5.83. The molecule has 6 nitrogen and oxygen atoms in total. The summed E-state index contributed by atoms with van der Waals surface area (Å²) in [6, 6.07) is 13.9. The molecule has 2 aromatic heterocycles. The van der Waals surface area contributed by atoms with Crippen LogP contribution in [0.2, 0.25) is 0 Å². The zero-order chi connectivity index (χ0) is 28.7. The van der Waals surface area contributed by atoms with Gasteiger partial charge in [-0.1, -0.05) is 26.0 Å². The summed E-state index contributed by atoms with van der Waals surface area (Å²) >= 11 is 0. The lowest BCUT2D eigenvalue weighted by molar-refractivity contribution is -0.137. The van der Waals surface area contributed by atoms with Crippen molar-refractivity contribution in [2.75, 3.05) is 23.7 Å². The Morgan fingerprint density at radius 2 is 1.73 bits per heavy atom. The Bertz CT molecular complexity index is 1450. The van der Waals surface area contributed by atoms with Crippen LogP contribution in [0.15, 0.2) is 59.1 Å². The summed E-state index contributed by atoms with van der Waals surface area (Å²) in [5.74, 6) is 1.76. The molecule has 4 aromatic rings. The number of rotatable bonds is 7. The normalized spacial score (nSPS) is 16.6. The fourth-order valence-corrected chi connectivity index (χ4v) is 5.43. The molecule has 1 aliphatic rings. The number of halogens is 3. The molecule has 0 spiro atoms. The lowest BCUT2D eigenvalue weighted by Gasteiger charge is -2.34. The first-order valence-electron chi connectivity index (χ1n) is 13.7. The highest BCUT2D eigenvalue weighted by Gasteiger charge is 2.31. The number of nitrogens with zero attached hydrogens (tertiary/aromatic N) is 3. The lowest BCUT2D eigenvalue weighted by Crippen LogP contribution is -2.35. The second-order valence-corrected chi connectivity index (χ2v) is 11.4. The summed E-state index contributed by atoms with van der Waals surface area (Å²) in [5, 5.41) is 11.3. The van der Waals surface area contributed by atoms with Gasteiger partial charge in [-0.2, -0.15) is 13.2 Å². The maximum absolute atomic E-state index is 12.8. The van der Waals surface area contributed by atoms with Gasteiger partial charge < -0.3 is 20.2 Å². The van der Waals surface area contributed by atoms with Crippen LogP contribution < -0.4 is 10.6 Å². The van der Waals surface area contributed by atoms with Crippen molar-refractivity contribution in [2.24, 2.45) is 5.92 Å². The van der Waals surface area contributed by atoms with Gasteiger partial charge in [0.2, 0.25) is 5.89 Å². The van der Waals surface area contributed by atoms with E-state index in [1.165, 1.54) is 6.07 Å². The summed E-state index contributed by atoms with van der Waals surface area (Å²) in [4.78, 5) is 10.7. The highest BCUT2D eigenvalue weighted by atomic mass is 19.4. The Kier molecular flexibility index (Phi) is 7.52. The van der Waals surface area contributed by atoms with Crippen molar-refractivity contribution in [3.05, 3.63) is 71.4 Å². The average Bonchev–Trinajstić information content (AvgIpc) is 3.35. The standard InChI is InChI=1S/C31H35F3N4O2/c1-19(2)25-16-24(35)17-26-28(25)40-29(37-26)21-4-6-22(7-5-21)30(3,39)13-10-20-11-14-38(15-12-20)27-9-8-23(18-36-27)31(32,33)34/h4-9,16-20,39H,10-15,35H2,1-3H3. The van der Waals surface area contributed by atoms with Crippen molar-refractivity contribution in [2.45, 2.75) is 64.1 Å². The van der Waals surface area contributed by atoms with Crippen LogP contribution in [0.3, 0.4) is 0 Å². The van der Waals surface area contributed by atoms with Gasteiger partial charge in [-0.05, 0) is 86.4 Å². The van der Waals surface area contributed by atoms with Gasteiger partial charge in [-0.15, -0.1) is 0 Å². The van der Waals surface area contributed by atoms with E-state index in [0.29, 0.717) is 29.7 Å². The van der Waals surface area contributed by atoms with Crippen LogP contribution in [0.1, 0.15) is 69.1 Å². The Hall–Kier alpha value is -3.59. The highest BCUT2D eigenvalue weighted by Crippen LogP contribution is 2.36. The second-order valence-electron chi connectivity index (χ2n) is 11.4. The summed E-state index contributed by atoms with van der Waals surface area (Å²) in [7, 11) is 0. The third-order valence-corrected chi connectivity index (χ3v) is 7.97. The molecule has 1 atom stereocenters. The molecule has 5 rings (SSSR count). The van der Waals surface area contributed by atoms with Gasteiger partial charge in [-0.25, -0.2) is 9.97 Å². The molecule has 1 saturated heterocycles. The zero-order valence-corrected chi connectivity index (χ0v) is 23.0. The van der Waals surface area contributed by atoms with Crippen LogP contribution in [0.25, 0.3) is 22.6 Å². The molecule has 212 valence electrons. The molecule has 0 radical (unpaired) electrons.